The zero-order valence-electron chi connectivity index (χ0n) is 21.0. The van der Waals surface area contributed by atoms with E-state index >= 15 is 0 Å². The second kappa shape index (κ2) is 11.1. The molecule has 2 atom stereocenters. The molecule has 8 nitrogen and oxygen atoms in total. The van der Waals surface area contributed by atoms with Crippen LogP contribution in [0, 0.1) is 0 Å². The van der Waals surface area contributed by atoms with Crippen molar-refractivity contribution in [2.24, 2.45) is 0 Å². The number of hydrogen-bond donors (Lipinski definition) is 1. The van der Waals surface area contributed by atoms with E-state index in [1.54, 1.807) is 0 Å². The number of benzene rings is 2. The zero-order valence-corrected chi connectivity index (χ0v) is 21.0. The number of fused-ring (bicyclic) bond motifs is 3. The number of amides is 2. The van der Waals surface area contributed by atoms with E-state index in [0.29, 0.717) is 35.5 Å². The summed E-state index contributed by atoms with van der Waals surface area (Å²) >= 11 is 0. The molecule has 0 saturated heterocycles. The average molecular weight is 490 g/mol. The van der Waals surface area contributed by atoms with Crippen LogP contribution in [0.1, 0.15) is 79.0 Å². The van der Waals surface area contributed by atoms with Crippen molar-refractivity contribution in [2.45, 2.75) is 70.4 Å². The van der Waals surface area contributed by atoms with Crippen LogP contribution in [0.5, 0.6) is 5.75 Å². The van der Waals surface area contributed by atoms with E-state index in [2.05, 4.69) is 15.4 Å². The summed E-state index contributed by atoms with van der Waals surface area (Å²) in [5.74, 6) is 0.645. The third-order valence-electron chi connectivity index (χ3n) is 7.53. The second-order valence-electron chi connectivity index (χ2n) is 9.83. The summed E-state index contributed by atoms with van der Waals surface area (Å²) in [4.78, 5) is 31.2. The van der Waals surface area contributed by atoms with Gasteiger partial charge in [0.15, 0.2) is 0 Å². The van der Waals surface area contributed by atoms with Gasteiger partial charge in [0.05, 0.1) is 11.6 Å². The van der Waals surface area contributed by atoms with Crippen LogP contribution in [0.15, 0.2) is 42.5 Å². The smallest absolute Gasteiger partial charge is 0.257 e. The first-order chi connectivity index (χ1) is 17.7. The number of nitrogens with one attached hydrogen (secondary N) is 1. The van der Waals surface area contributed by atoms with Crippen molar-refractivity contribution in [1.29, 1.82) is 0 Å². The van der Waals surface area contributed by atoms with E-state index in [1.807, 2.05) is 59.2 Å². The molecule has 2 aliphatic rings. The van der Waals surface area contributed by atoms with Crippen molar-refractivity contribution in [3.05, 3.63) is 53.6 Å². The van der Waals surface area contributed by atoms with E-state index in [4.69, 9.17) is 4.74 Å². The Bertz CT molecular complexity index is 1210. The molecule has 190 valence electrons. The molecule has 0 spiro atoms. The Balaban J connectivity index is 1.48. The predicted molar refractivity (Wildman–Crippen MR) is 138 cm³/mol. The standard InChI is InChI=1S/C28H35N5O3/c1-2-32-17-9-3-4-10-18-33(27(34)20-15-16-22-23(19-20)30-31-29-22)24-12-6-8-14-26(24)36-25-13-7-5-11-21(25)28(32)35/h5,7,11,13,15-16,19,24,26H,2-4,6,8-10,12,14,17-18H2,1H3,(H,29,30,31)/t24-,26+/m1/s1. The van der Waals surface area contributed by atoms with Crippen molar-refractivity contribution in [1.82, 2.24) is 25.2 Å². The number of rotatable bonds is 2. The minimum atomic E-state index is -0.162. The second-order valence-corrected chi connectivity index (χ2v) is 9.83. The van der Waals surface area contributed by atoms with Gasteiger partial charge in [0.25, 0.3) is 11.8 Å². The van der Waals surface area contributed by atoms with Crippen LogP contribution in [-0.4, -0.2) is 68.8 Å². The number of H-pyrrole nitrogens is 1. The summed E-state index contributed by atoms with van der Waals surface area (Å²) < 4.78 is 6.61. The highest BCUT2D eigenvalue weighted by Crippen LogP contribution is 2.31. The van der Waals surface area contributed by atoms with Crippen molar-refractivity contribution in [3.63, 3.8) is 0 Å². The van der Waals surface area contributed by atoms with Gasteiger partial charge in [-0.1, -0.05) is 31.4 Å². The third-order valence-corrected chi connectivity index (χ3v) is 7.53. The predicted octanol–water partition coefficient (Wildman–Crippen LogP) is 4.83. The maximum Gasteiger partial charge on any atom is 0.257 e. The van der Waals surface area contributed by atoms with E-state index in [1.165, 1.54) is 0 Å². The molecule has 0 radical (unpaired) electrons. The average Bonchev–Trinajstić information content (AvgIpc) is 3.38. The molecule has 1 aliphatic carbocycles. The molecular weight excluding hydrogens is 454 g/mol. The van der Waals surface area contributed by atoms with Crippen LogP contribution in [-0.2, 0) is 0 Å². The normalized spacial score (nSPS) is 21.9. The third kappa shape index (κ3) is 5.08. The molecule has 1 aliphatic heterocycles. The Hall–Kier alpha value is -3.42. The summed E-state index contributed by atoms with van der Waals surface area (Å²) in [7, 11) is 0. The van der Waals surface area contributed by atoms with Crippen LogP contribution in [0.2, 0.25) is 0 Å². The lowest BCUT2D eigenvalue weighted by molar-refractivity contribution is 0.0267. The minimum Gasteiger partial charge on any atom is -0.487 e. The number of ether oxygens (including phenoxy) is 1. The Morgan fingerprint density at radius 2 is 1.75 bits per heavy atom. The maximum atomic E-state index is 13.9. The molecule has 2 heterocycles. The zero-order chi connectivity index (χ0) is 24.9. The molecule has 5 rings (SSSR count). The molecular formula is C28H35N5O3. The van der Waals surface area contributed by atoms with Gasteiger partial charge in [-0.05, 0) is 69.4 Å². The highest BCUT2D eigenvalue weighted by atomic mass is 16.5. The number of carbonyl (C=O) groups excluding carboxylic acids is 2. The lowest BCUT2D eigenvalue weighted by Crippen LogP contribution is -2.51. The lowest BCUT2D eigenvalue weighted by atomic mass is 9.90. The summed E-state index contributed by atoms with van der Waals surface area (Å²) in [6.45, 7) is 4.13. The molecule has 2 aromatic carbocycles. The fourth-order valence-electron chi connectivity index (χ4n) is 5.55. The summed E-state index contributed by atoms with van der Waals surface area (Å²) in [6, 6.07) is 13.0. The number of carbonyl (C=O) groups is 2. The Labute approximate surface area is 212 Å². The first-order valence-electron chi connectivity index (χ1n) is 13.3. The Morgan fingerprint density at radius 1 is 0.972 bits per heavy atom. The van der Waals surface area contributed by atoms with Crippen molar-refractivity contribution >= 4 is 22.8 Å². The van der Waals surface area contributed by atoms with E-state index in [-0.39, 0.29) is 24.0 Å². The van der Waals surface area contributed by atoms with Crippen molar-refractivity contribution in [3.8, 4) is 5.75 Å². The molecule has 0 bridgehead atoms. The SMILES string of the molecule is CCN1CCCCCCN(C(=O)c2ccc3n[nH]nc3c2)[C@@H]2CCCC[C@@H]2Oc2ccccc2C1=O. The molecule has 0 unspecified atom stereocenters. The first-order valence-corrected chi connectivity index (χ1v) is 13.3. The van der Waals surface area contributed by atoms with Gasteiger partial charge < -0.3 is 14.5 Å². The van der Waals surface area contributed by atoms with Crippen LogP contribution in [0.25, 0.3) is 11.0 Å². The van der Waals surface area contributed by atoms with Crippen molar-refractivity contribution in [2.75, 3.05) is 19.6 Å². The van der Waals surface area contributed by atoms with Gasteiger partial charge in [-0.3, -0.25) is 9.59 Å². The van der Waals surface area contributed by atoms with Crippen molar-refractivity contribution < 1.29 is 14.3 Å². The van der Waals surface area contributed by atoms with Crippen LogP contribution < -0.4 is 4.74 Å². The van der Waals surface area contributed by atoms with Gasteiger partial charge in [-0.2, -0.15) is 15.4 Å². The monoisotopic (exact) mass is 489 g/mol. The molecule has 1 N–H and O–H groups in total. The van der Waals surface area contributed by atoms with Gasteiger partial charge in [0.2, 0.25) is 0 Å². The van der Waals surface area contributed by atoms with Gasteiger partial charge >= 0.3 is 0 Å². The molecule has 1 fully saturated rings. The number of hydrogen-bond acceptors (Lipinski definition) is 5. The van der Waals surface area contributed by atoms with Gasteiger partial charge in [0, 0.05) is 25.2 Å². The summed E-state index contributed by atoms with van der Waals surface area (Å²) in [5.41, 5.74) is 2.66. The fourth-order valence-corrected chi connectivity index (χ4v) is 5.55. The number of aromatic amines is 1. The quantitative estimate of drug-likeness (QED) is 0.557. The molecule has 3 aromatic rings. The summed E-state index contributed by atoms with van der Waals surface area (Å²) in [5, 5.41) is 10.9. The molecule has 8 heteroatoms. The number of aromatic nitrogens is 3. The van der Waals surface area contributed by atoms with Gasteiger partial charge in [-0.15, -0.1) is 0 Å². The highest BCUT2D eigenvalue weighted by molar-refractivity contribution is 5.98. The van der Waals surface area contributed by atoms with Gasteiger partial charge in [-0.25, -0.2) is 0 Å². The van der Waals surface area contributed by atoms with Crippen LogP contribution >= 0.6 is 0 Å². The largest absolute Gasteiger partial charge is 0.487 e. The van der Waals surface area contributed by atoms with E-state index in [9.17, 15) is 9.59 Å². The fraction of sp³-hybridized carbons (Fsp3) is 0.500. The van der Waals surface area contributed by atoms with Crippen LogP contribution in [0.3, 0.4) is 0 Å². The number of para-hydroxylation sites is 1. The molecule has 1 aromatic heterocycles. The first kappa shape index (κ1) is 24.3. The highest BCUT2D eigenvalue weighted by Gasteiger charge is 2.35. The molecule has 1 saturated carbocycles. The summed E-state index contributed by atoms with van der Waals surface area (Å²) in [6.07, 6.45) is 7.62. The maximum absolute atomic E-state index is 13.9. The minimum absolute atomic E-state index is 0.00835. The lowest BCUT2D eigenvalue weighted by Gasteiger charge is -2.40. The Morgan fingerprint density at radius 3 is 2.61 bits per heavy atom. The topological polar surface area (TPSA) is 91.4 Å². The van der Waals surface area contributed by atoms with Crippen LogP contribution in [0.4, 0.5) is 0 Å². The number of nitrogens with zero attached hydrogens (tertiary/aromatic N) is 4. The van der Waals surface area contributed by atoms with Gasteiger partial charge in [0.1, 0.15) is 22.9 Å². The van der Waals surface area contributed by atoms with E-state index in [0.717, 1.165) is 63.4 Å². The Kier molecular flexibility index (Phi) is 7.49. The van der Waals surface area contributed by atoms with E-state index < -0.39 is 0 Å². The molecule has 2 amide bonds. The molecule has 36 heavy (non-hydrogen) atoms.